The van der Waals surface area contributed by atoms with E-state index in [0.717, 1.165) is 5.57 Å². The molecule has 6 heteroatoms. The van der Waals surface area contributed by atoms with E-state index >= 15 is 0 Å². The fourth-order valence-corrected chi connectivity index (χ4v) is 3.16. The Morgan fingerprint density at radius 3 is 2.92 bits per heavy atom. The molecular weight excluding hydrogens is 323 g/mol. The lowest BCUT2D eigenvalue weighted by Gasteiger charge is -2.33. The minimum absolute atomic E-state index is 0.0829. The Hall–Kier alpha value is -2.75. The summed E-state index contributed by atoms with van der Waals surface area (Å²) in [5, 5.41) is 19.0. The average Bonchev–Trinajstić information content (AvgIpc) is 2.60. The third-order valence-corrected chi connectivity index (χ3v) is 4.27. The number of benzene rings is 1. The minimum atomic E-state index is -0.694. The van der Waals surface area contributed by atoms with Gasteiger partial charge in [0.15, 0.2) is 5.78 Å². The number of ether oxygens (including phenoxy) is 1. The monoisotopic (exact) mass is 340 g/mol. The van der Waals surface area contributed by atoms with E-state index in [9.17, 15) is 19.6 Å². The molecule has 5 nitrogen and oxygen atoms in total. The molecule has 1 unspecified atom stereocenters. The normalized spacial score (nSPS) is 20.0. The molecule has 0 fully saturated rings. The van der Waals surface area contributed by atoms with Crippen LogP contribution in [0.25, 0.3) is 5.57 Å². The molecule has 0 amide bonds. The van der Waals surface area contributed by atoms with Crippen molar-refractivity contribution in [2.24, 2.45) is 0 Å². The largest absolute Gasteiger partial charge is 0.395 e. The molecule has 1 aromatic rings. The van der Waals surface area contributed by atoms with E-state index in [-0.39, 0.29) is 25.4 Å². The van der Waals surface area contributed by atoms with Crippen molar-refractivity contribution in [2.45, 2.75) is 12.5 Å². The summed E-state index contributed by atoms with van der Waals surface area (Å²) < 4.78 is 19.0. The molecule has 0 spiro atoms. The molecule has 25 heavy (non-hydrogen) atoms. The number of methoxy groups -OCH3 is 1. The lowest BCUT2D eigenvalue weighted by molar-refractivity contribution is -0.125. The molecule has 1 N–H and O–H groups in total. The highest BCUT2D eigenvalue weighted by Crippen LogP contribution is 2.41. The van der Waals surface area contributed by atoms with Gasteiger partial charge in [-0.2, -0.15) is 5.26 Å². The summed E-state index contributed by atoms with van der Waals surface area (Å²) in [5.41, 5.74) is 2.81. The number of nitriles is 1. The summed E-state index contributed by atoms with van der Waals surface area (Å²) in [5.74, 6) is -0.497. The van der Waals surface area contributed by atoms with Gasteiger partial charge in [-0.05, 0) is 34.9 Å². The zero-order valence-corrected chi connectivity index (χ0v) is 13.7. The van der Waals surface area contributed by atoms with Gasteiger partial charge in [-0.25, -0.2) is 4.39 Å². The maximum atomic E-state index is 13.8. The van der Waals surface area contributed by atoms with E-state index in [1.54, 1.807) is 29.3 Å². The number of Topliss-reactive ketones (excluding diaryl/α,β-unsaturated/α-hetero) is 1. The van der Waals surface area contributed by atoms with Crippen LogP contribution < -0.4 is 0 Å². The molecule has 1 aliphatic carbocycles. The van der Waals surface area contributed by atoms with Crippen LogP contribution >= 0.6 is 0 Å². The van der Waals surface area contributed by atoms with Crippen molar-refractivity contribution in [1.82, 2.24) is 4.90 Å². The average molecular weight is 340 g/mol. The molecule has 128 valence electrons. The summed E-state index contributed by atoms with van der Waals surface area (Å²) in [6.45, 7) is 0.0550. The SMILES string of the molecule is COC1C=C2C(=CN(CCO)C(C#N)=C2c2cccc(F)c2)CC1=O. The van der Waals surface area contributed by atoms with Crippen molar-refractivity contribution in [3.63, 3.8) is 0 Å². The van der Waals surface area contributed by atoms with Crippen LogP contribution in [0.3, 0.4) is 0 Å². The summed E-state index contributed by atoms with van der Waals surface area (Å²) in [4.78, 5) is 13.8. The Labute approximate surface area is 144 Å². The number of hydrogen-bond acceptors (Lipinski definition) is 5. The maximum absolute atomic E-state index is 13.8. The van der Waals surface area contributed by atoms with Crippen molar-refractivity contribution >= 4 is 11.4 Å². The Balaban J connectivity index is 2.23. The first-order valence-electron chi connectivity index (χ1n) is 7.85. The zero-order chi connectivity index (χ0) is 18.0. The Morgan fingerprint density at radius 1 is 1.48 bits per heavy atom. The second-order valence-corrected chi connectivity index (χ2v) is 5.80. The first-order valence-corrected chi connectivity index (χ1v) is 7.85. The molecule has 0 saturated carbocycles. The summed E-state index contributed by atoms with van der Waals surface area (Å²) in [6.07, 6.45) is 2.84. The number of nitrogens with zero attached hydrogens (tertiary/aromatic N) is 2. The maximum Gasteiger partial charge on any atom is 0.169 e. The number of carbonyl (C=O) groups excluding carboxylic acids is 1. The molecule has 0 bridgehead atoms. The summed E-state index contributed by atoms with van der Waals surface area (Å²) >= 11 is 0. The van der Waals surface area contributed by atoms with Gasteiger partial charge in [0.1, 0.15) is 23.7 Å². The summed E-state index contributed by atoms with van der Waals surface area (Å²) in [7, 11) is 1.45. The zero-order valence-electron chi connectivity index (χ0n) is 13.7. The van der Waals surface area contributed by atoms with E-state index in [1.165, 1.54) is 19.2 Å². The molecular formula is C19H17FN2O3. The van der Waals surface area contributed by atoms with Gasteiger partial charge in [-0.3, -0.25) is 4.79 Å². The van der Waals surface area contributed by atoms with Crippen LogP contribution in [0.1, 0.15) is 12.0 Å². The van der Waals surface area contributed by atoms with Crippen molar-refractivity contribution in [3.8, 4) is 6.07 Å². The molecule has 1 heterocycles. The lowest BCUT2D eigenvalue weighted by Crippen LogP contribution is -2.31. The van der Waals surface area contributed by atoms with Crippen molar-refractivity contribution < 1.29 is 19.0 Å². The molecule has 3 rings (SSSR count). The number of carbonyl (C=O) groups is 1. The van der Waals surface area contributed by atoms with Crippen LogP contribution in [0.4, 0.5) is 4.39 Å². The minimum Gasteiger partial charge on any atom is -0.395 e. The smallest absolute Gasteiger partial charge is 0.169 e. The number of rotatable bonds is 4. The Bertz CT molecular complexity index is 848. The van der Waals surface area contributed by atoms with Crippen LogP contribution in [-0.4, -0.2) is 42.2 Å². The molecule has 1 atom stereocenters. The Kier molecular flexibility index (Phi) is 4.79. The van der Waals surface area contributed by atoms with E-state index in [0.29, 0.717) is 22.4 Å². The van der Waals surface area contributed by atoms with Gasteiger partial charge in [0, 0.05) is 31.8 Å². The van der Waals surface area contributed by atoms with Crippen molar-refractivity contribution in [3.05, 3.63) is 64.8 Å². The quantitative estimate of drug-likeness (QED) is 0.909. The van der Waals surface area contributed by atoms with Crippen LogP contribution in [0.15, 0.2) is 53.4 Å². The predicted octanol–water partition coefficient (Wildman–Crippen LogP) is 2.17. The lowest BCUT2D eigenvalue weighted by atomic mass is 9.81. The van der Waals surface area contributed by atoms with Crippen LogP contribution in [0.2, 0.25) is 0 Å². The molecule has 0 radical (unpaired) electrons. The van der Waals surface area contributed by atoms with Crippen molar-refractivity contribution in [2.75, 3.05) is 20.3 Å². The van der Waals surface area contributed by atoms with Gasteiger partial charge in [0.05, 0.1) is 6.61 Å². The number of hydrogen-bond donors (Lipinski definition) is 1. The highest BCUT2D eigenvalue weighted by Gasteiger charge is 2.33. The highest BCUT2D eigenvalue weighted by molar-refractivity contribution is 5.98. The first-order chi connectivity index (χ1) is 12.1. The number of aliphatic hydroxyl groups excluding tert-OH is 1. The molecule has 0 aromatic heterocycles. The molecule has 2 aliphatic rings. The fraction of sp³-hybridized carbons (Fsp3) is 0.263. The number of ketones is 1. The third-order valence-electron chi connectivity index (χ3n) is 4.27. The van der Waals surface area contributed by atoms with E-state index in [1.807, 2.05) is 0 Å². The molecule has 0 saturated heterocycles. The van der Waals surface area contributed by atoms with E-state index < -0.39 is 11.9 Å². The van der Waals surface area contributed by atoms with Gasteiger partial charge < -0.3 is 14.7 Å². The topological polar surface area (TPSA) is 73.6 Å². The number of aliphatic hydroxyl groups is 1. The number of fused-ring (bicyclic) bond motifs is 1. The second-order valence-electron chi connectivity index (χ2n) is 5.80. The van der Waals surface area contributed by atoms with Gasteiger partial charge in [0.25, 0.3) is 0 Å². The fourth-order valence-electron chi connectivity index (χ4n) is 3.16. The molecule has 1 aliphatic heterocycles. The third kappa shape index (κ3) is 3.12. The van der Waals surface area contributed by atoms with Crippen molar-refractivity contribution in [1.29, 1.82) is 5.26 Å². The summed E-state index contributed by atoms with van der Waals surface area (Å²) in [6, 6.07) is 8.12. The van der Waals surface area contributed by atoms with E-state index in [2.05, 4.69) is 6.07 Å². The van der Waals surface area contributed by atoms with Gasteiger partial charge >= 0.3 is 0 Å². The van der Waals surface area contributed by atoms with Crippen LogP contribution in [-0.2, 0) is 9.53 Å². The number of halogens is 1. The second kappa shape index (κ2) is 7.01. The van der Waals surface area contributed by atoms with Gasteiger partial charge in [0.2, 0.25) is 0 Å². The Morgan fingerprint density at radius 2 is 2.28 bits per heavy atom. The highest BCUT2D eigenvalue weighted by atomic mass is 19.1. The number of β-amino-alcohol motifs (C(OH)–C–C–N with tert-alkyl or cyclic N) is 1. The predicted molar refractivity (Wildman–Crippen MR) is 89.3 cm³/mol. The standard InChI is InChI=1S/C19H17FN2O3/c1-25-18-9-15-13(8-17(18)24)11-22(5-6-23)16(10-21)19(15)12-3-2-4-14(20)7-12/h2-4,7,9,11,18,23H,5-6,8H2,1H3. The number of allylic oxidation sites excluding steroid dienone is 4. The van der Waals surface area contributed by atoms with Gasteiger partial charge in [-0.1, -0.05) is 12.1 Å². The molecule has 1 aromatic carbocycles. The van der Waals surface area contributed by atoms with Gasteiger partial charge in [-0.15, -0.1) is 0 Å². The van der Waals surface area contributed by atoms with Crippen LogP contribution in [0.5, 0.6) is 0 Å². The first kappa shape index (κ1) is 17.1. The van der Waals surface area contributed by atoms with E-state index in [4.69, 9.17) is 4.74 Å². The van der Waals surface area contributed by atoms with Crippen LogP contribution in [0, 0.1) is 17.1 Å².